The van der Waals surface area contributed by atoms with Gasteiger partial charge in [0.15, 0.2) is 0 Å². The van der Waals surface area contributed by atoms with Gasteiger partial charge < -0.3 is 11.1 Å². The molecule has 0 heterocycles. The third-order valence-corrected chi connectivity index (χ3v) is 2.35. The number of carbonyl (C=O) groups excluding carboxylic acids is 1. The van der Waals surface area contributed by atoms with Crippen LogP contribution in [0.15, 0.2) is 12.1 Å². The highest BCUT2D eigenvalue weighted by atomic mass is 19.1. The number of carbonyl (C=O) groups is 1. The highest BCUT2D eigenvalue weighted by Crippen LogP contribution is 2.19. The lowest BCUT2D eigenvalue weighted by Crippen LogP contribution is -2.20. The molecule has 1 unspecified atom stereocenters. The number of hydrogen-bond acceptors (Lipinski definition) is 2. The maximum Gasteiger partial charge on any atom is 0.224 e. The minimum Gasteiger partial charge on any atom is -0.328 e. The van der Waals surface area contributed by atoms with Crippen molar-refractivity contribution in [1.82, 2.24) is 0 Å². The summed E-state index contributed by atoms with van der Waals surface area (Å²) in [5.41, 5.74) is 5.56. The molecule has 0 aliphatic heterocycles. The Morgan fingerprint density at radius 3 is 2.65 bits per heavy atom. The van der Waals surface area contributed by atoms with Crippen LogP contribution in [0.3, 0.4) is 0 Å². The number of amides is 1. The van der Waals surface area contributed by atoms with E-state index in [-0.39, 0.29) is 29.6 Å². The van der Waals surface area contributed by atoms with E-state index in [2.05, 4.69) is 5.32 Å². The molecule has 0 aliphatic carbocycles. The Morgan fingerprint density at radius 2 is 2.06 bits per heavy atom. The molecule has 3 nitrogen and oxygen atoms in total. The number of rotatable bonds is 4. The molecule has 3 N–H and O–H groups in total. The summed E-state index contributed by atoms with van der Waals surface area (Å²) in [6.45, 7) is 3.24. The van der Waals surface area contributed by atoms with Crippen molar-refractivity contribution in [2.24, 2.45) is 5.73 Å². The normalized spacial score (nSPS) is 12.3. The van der Waals surface area contributed by atoms with Crippen LogP contribution in [0.4, 0.5) is 14.5 Å². The lowest BCUT2D eigenvalue weighted by atomic mass is 10.1. The first kappa shape index (κ1) is 13.6. The lowest BCUT2D eigenvalue weighted by molar-refractivity contribution is -0.116. The second kappa shape index (κ2) is 5.72. The summed E-state index contributed by atoms with van der Waals surface area (Å²) in [5, 5.41) is 2.32. The molecule has 0 fully saturated rings. The maximum atomic E-state index is 13.4. The second-order valence-corrected chi connectivity index (χ2v) is 4.15. The zero-order valence-electron chi connectivity index (χ0n) is 9.89. The number of halogens is 2. The van der Waals surface area contributed by atoms with E-state index in [4.69, 9.17) is 5.73 Å². The average molecular weight is 242 g/mol. The van der Waals surface area contributed by atoms with Crippen LogP contribution in [-0.4, -0.2) is 11.9 Å². The standard InChI is InChI=1S/C12H16F2N2O/c1-7-5-10(14)11(6-9(7)13)16-12(17)4-3-8(2)15/h5-6,8H,3-4,15H2,1-2H3,(H,16,17). The summed E-state index contributed by atoms with van der Waals surface area (Å²) in [6.07, 6.45) is 0.689. The van der Waals surface area contributed by atoms with E-state index < -0.39 is 11.6 Å². The van der Waals surface area contributed by atoms with Crippen LogP contribution < -0.4 is 11.1 Å². The van der Waals surface area contributed by atoms with Gasteiger partial charge in [0.05, 0.1) is 5.69 Å². The van der Waals surface area contributed by atoms with Crippen molar-refractivity contribution in [2.45, 2.75) is 32.7 Å². The van der Waals surface area contributed by atoms with Crippen LogP contribution in [0.2, 0.25) is 0 Å². The Labute approximate surface area is 99.0 Å². The molecule has 0 aromatic heterocycles. The molecular formula is C12H16F2N2O. The van der Waals surface area contributed by atoms with E-state index in [0.717, 1.165) is 12.1 Å². The number of nitrogens with one attached hydrogen (secondary N) is 1. The highest BCUT2D eigenvalue weighted by molar-refractivity contribution is 5.90. The van der Waals surface area contributed by atoms with E-state index in [1.165, 1.54) is 6.92 Å². The number of anilines is 1. The fourth-order valence-corrected chi connectivity index (χ4v) is 1.31. The molecule has 0 radical (unpaired) electrons. The van der Waals surface area contributed by atoms with Gasteiger partial charge in [-0.1, -0.05) is 0 Å². The summed E-state index contributed by atoms with van der Waals surface area (Å²) in [4.78, 5) is 11.4. The van der Waals surface area contributed by atoms with Gasteiger partial charge in [0.25, 0.3) is 0 Å². The van der Waals surface area contributed by atoms with Gasteiger partial charge in [-0.15, -0.1) is 0 Å². The third kappa shape index (κ3) is 4.11. The molecule has 0 spiro atoms. The van der Waals surface area contributed by atoms with Gasteiger partial charge in [-0.05, 0) is 31.9 Å². The minimum absolute atomic E-state index is 0.0969. The molecule has 17 heavy (non-hydrogen) atoms. The topological polar surface area (TPSA) is 55.1 Å². The van der Waals surface area contributed by atoms with Gasteiger partial charge in [0.1, 0.15) is 11.6 Å². The molecule has 1 amide bonds. The van der Waals surface area contributed by atoms with Crippen LogP contribution in [0.1, 0.15) is 25.3 Å². The molecule has 1 rings (SSSR count). The van der Waals surface area contributed by atoms with Crippen LogP contribution >= 0.6 is 0 Å². The maximum absolute atomic E-state index is 13.4. The van der Waals surface area contributed by atoms with Crippen molar-refractivity contribution in [3.8, 4) is 0 Å². The SMILES string of the molecule is Cc1cc(F)c(NC(=O)CCC(C)N)cc1F. The van der Waals surface area contributed by atoms with Crippen LogP contribution in [0.25, 0.3) is 0 Å². The highest BCUT2D eigenvalue weighted by Gasteiger charge is 2.10. The molecule has 1 aromatic carbocycles. The lowest BCUT2D eigenvalue weighted by Gasteiger charge is -2.09. The zero-order valence-corrected chi connectivity index (χ0v) is 9.89. The first-order valence-electron chi connectivity index (χ1n) is 5.41. The quantitative estimate of drug-likeness (QED) is 0.851. The van der Waals surface area contributed by atoms with Crippen LogP contribution in [0.5, 0.6) is 0 Å². The smallest absolute Gasteiger partial charge is 0.224 e. The third-order valence-electron chi connectivity index (χ3n) is 2.35. The first-order chi connectivity index (χ1) is 7.90. The molecule has 1 atom stereocenters. The van der Waals surface area contributed by atoms with Gasteiger partial charge in [-0.3, -0.25) is 4.79 Å². The van der Waals surface area contributed by atoms with Gasteiger partial charge in [-0.25, -0.2) is 8.78 Å². The zero-order chi connectivity index (χ0) is 13.0. The first-order valence-corrected chi connectivity index (χ1v) is 5.41. The minimum atomic E-state index is -0.641. The Balaban J connectivity index is 2.68. The Kier molecular flexibility index (Phi) is 4.57. The van der Waals surface area contributed by atoms with Crippen LogP contribution in [-0.2, 0) is 4.79 Å². The van der Waals surface area contributed by atoms with E-state index in [9.17, 15) is 13.6 Å². The van der Waals surface area contributed by atoms with E-state index in [1.54, 1.807) is 6.92 Å². The predicted molar refractivity (Wildman–Crippen MR) is 62.6 cm³/mol. The summed E-state index contributed by atoms with van der Waals surface area (Å²) >= 11 is 0. The molecule has 5 heteroatoms. The molecule has 94 valence electrons. The monoisotopic (exact) mass is 242 g/mol. The molecule has 0 bridgehead atoms. The van der Waals surface area contributed by atoms with E-state index in [0.29, 0.717) is 6.42 Å². The van der Waals surface area contributed by atoms with Gasteiger partial charge in [0, 0.05) is 18.5 Å². The summed E-state index contributed by atoms with van der Waals surface area (Å²) in [6, 6.07) is 1.94. The van der Waals surface area contributed by atoms with Gasteiger partial charge in [-0.2, -0.15) is 0 Å². The fraction of sp³-hybridized carbons (Fsp3) is 0.417. The van der Waals surface area contributed by atoms with Crippen LogP contribution in [0, 0.1) is 18.6 Å². The van der Waals surface area contributed by atoms with E-state index in [1.807, 2.05) is 0 Å². The summed E-state index contributed by atoms with van der Waals surface area (Å²) in [5.74, 6) is -1.56. The average Bonchev–Trinajstić information content (AvgIpc) is 2.23. The predicted octanol–water partition coefficient (Wildman–Crippen LogP) is 2.34. The largest absolute Gasteiger partial charge is 0.328 e. The Hall–Kier alpha value is -1.49. The fourth-order valence-electron chi connectivity index (χ4n) is 1.31. The molecule has 0 aliphatic rings. The van der Waals surface area contributed by atoms with Gasteiger partial charge >= 0.3 is 0 Å². The second-order valence-electron chi connectivity index (χ2n) is 4.15. The number of benzene rings is 1. The number of nitrogens with two attached hydrogens (primary N) is 1. The Bertz CT molecular complexity index is 419. The van der Waals surface area contributed by atoms with Crippen molar-refractivity contribution >= 4 is 11.6 Å². The summed E-state index contributed by atoms with van der Waals surface area (Å²) < 4.78 is 26.6. The summed E-state index contributed by atoms with van der Waals surface area (Å²) in [7, 11) is 0. The Morgan fingerprint density at radius 1 is 1.41 bits per heavy atom. The number of aryl methyl sites for hydroxylation is 1. The molecule has 0 saturated carbocycles. The number of hydrogen-bond donors (Lipinski definition) is 2. The molecular weight excluding hydrogens is 226 g/mol. The van der Waals surface area contributed by atoms with Crippen molar-refractivity contribution in [1.29, 1.82) is 0 Å². The van der Waals surface area contributed by atoms with Crippen molar-refractivity contribution in [3.63, 3.8) is 0 Å². The van der Waals surface area contributed by atoms with Crippen molar-refractivity contribution in [3.05, 3.63) is 29.3 Å². The molecule has 1 aromatic rings. The van der Waals surface area contributed by atoms with Crippen molar-refractivity contribution in [2.75, 3.05) is 5.32 Å². The van der Waals surface area contributed by atoms with Crippen molar-refractivity contribution < 1.29 is 13.6 Å². The van der Waals surface area contributed by atoms with Gasteiger partial charge in [0.2, 0.25) is 5.91 Å². The van der Waals surface area contributed by atoms with E-state index >= 15 is 0 Å². The molecule has 0 saturated heterocycles.